The van der Waals surface area contributed by atoms with Crippen LogP contribution >= 0.6 is 0 Å². The van der Waals surface area contributed by atoms with Gasteiger partial charge in [-0.3, -0.25) is 4.79 Å². The third kappa shape index (κ3) is 4.28. The lowest BCUT2D eigenvalue weighted by Crippen LogP contribution is -2.10. The Labute approximate surface area is 132 Å². The molecule has 0 unspecified atom stereocenters. The van der Waals surface area contributed by atoms with Crippen LogP contribution in [0.5, 0.6) is 0 Å². The van der Waals surface area contributed by atoms with Crippen molar-refractivity contribution in [3.05, 3.63) is 71.9 Å². The molecule has 1 amide bonds. The maximum absolute atomic E-state index is 10.6. The Morgan fingerprint density at radius 1 is 0.913 bits per heavy atom. The maximum Gasteiger partial charge on any atom is 0.354 e. The number of primary amides is 1. The monoisotopic (exact) mass is 309 g/mol. The molecule has 0 saturated heterocycles. The van der Waals surface area contributed by atoms with Gasteiger partial charge < -0.3 is 16.6 Å². The van der Waals surface area contributed by atoms with Crippen molar-refractivity contribution in [2.45, 2.75) is 0 Å². The van der Waals surface area contributed by atoms with E-state index in [9.17, 15) is 9.59 Å². The molecule has 0 saturated carbocycles. The van der Waals surface area contributed by atoms with Crippen LogP contribution in [0.2, 0.25) is 0 Å². The molecule has 5 N–H and O–H groups in total. The lowest BCUT2D eigenvalue weighted by atomic mass is 10.2. The quantitative estimate of drug-likeness (QED) is 0.627. The number of nitrogens with zero attached hydrogens (tertiary/aromatic N) is 1. The van der Waals surface area contributed by atoms with Crippen molar-refractivity contribution in [1.29, 1.82) is 0 Å². The number of aromatic carboxylic acids is 1. The van der Waals surface area contributed by atoms with Gasteiger partial charge in [-0.2, -0.15) is 0 Å². The van der Waals surface area contributed by atoms with Crippen LogP contribution in [0.3, 0.4) is 0 Å². The molecule has 2 aromatic carbocycles. The molecular weight excluding hydrogens is 294 g/mol. The molecule has 0 aliphatic rings. The van der Waals surface area contributed by atoms with Crippen molar-refractivity contribution in [2.24, 2.45) is 5.73 Å². The molecule has 0 aliphatic heterocycles. The largest absolute Gasteiger partial charge is 0.477 e. The number of nitrogen functional groups attached to an aromatic ring is 1. The highest BCUT2D eigenvalue weighted by molar-refractivity contribution is 5.93. The second-order valence-corrected chi connectivity index (χ2v) is 4.68. The molecular formula is C17H15N3O3. The van der Waals surface area contributed by atoms with E-state index < -0.39 is 11.9 Å². The number of aromatic nitrogens is 1. The Hall–Kier alpha value is -3.41. The third-order valence-electron chi connectivity index (χ3n) is 3.01. The summed E-state index contributed by atoms with van der Waals surface area (Å²) in [6.45, 7) is 0. The summed E-state index contributed by atoms with van der Waals surface area (Å²) in [5.41, 5.74) is 12.3. The number of carboxylic acids is 1. The molecule has 0 bridgehead atoms. The first-order valence-corrected chi connectivity index (χ1v) is 6.72. The van der Waals surface area contributed by atoms with E-state index >= 15 is 0 Å². The first kappa shape index (κ1) is 16.0. The molecule has 0 spiro atoms. The Kier molecular flexibility index (Phi) is 4.89. The summed E-state index contributed by atoms with van der Waals surface area (Å²) in [6, 6.07) is 17.1. The number of carbonyl (C=O) groups is 2. The van der Waals surface area contributed by atoms with Crippen molar-refractivity contribution >= 4 is 28.5 Å². The molecule has 0 aliphatic carbocycles. The summed E-state index contributed by atoms with van der Waals surface area (Å²) in [6.07, 6.45) is 0. The molecule has 0 fully saturated rings. The summed E-state index contributed by atoms with van der Waals surface area (Å²) < 4.78 is 0. The van der Waals surface area contributed by atoms with Crippen LogP contribution < -0.4 is 11.5 Å². The Balaban J connectivity index is 0.000000174. The highest BCUT2D eigenvalue weighted by Crippen LogP contribution is 2.11. The standard InChI is InChI=1S/C10H7NO2.C7H8N2O/c12-10(13)9-6-5-7-3-1-2-4-8(7)11-9;8-6-3-1-5(2-4-6)7(9)10/h1-6H,(H,12,13);1-4H,8H2,(H2,9,10). The molecule has 0 atom stereocenters. The number of nitrogens with two attached hydrogens (primary N) is 2. The van der Waals surface area contributed by atoms with Crippen LogP contribution in [0.25, 0.3) is 10.9 Å². The smallest absolute Gasteiger partial charge is 0.354 e. The first-order valence-electron chi connectivity index (χ1n) is 6.72. The van der Waals surface area contributed by atoms with Gasteiger partial charge in [0.2, 0.25) is 5.91 Å². The van der Waals surface area contributed by atoms with Crippen molar-refractivity contribution in [2.75, 3.05) is 5.73 Å². The molecule has 116 valence electrons. The first-order chi connectivity index (χ1) is 11.0. The molecule has 3 rings (SSSR count). The van der Waals surface area contributed by atoms with E-state index in [2.05, 4.69) is 4.98 Å². The van der Waals surface area contributed by atoms with Crippen molar-refractivity contribution in [1.82, 2.24) is 4.98 Å². The van der Waals surface area contributed by atoms with Crippen LogP contribution in [0, 0.1) is 0 Å². The van der Waals surface area contributed by atoms with Crippen molar-refractivity contribution in [3.8, 4) is 0 Å². The number of hydrogen-bond donors (Lipinski definition) is 3. The number of carboxylic acid groups (broad SMARTS) is 1. The van der Waals surface area contributed by atoms with Gasteiger partial charge in [0.25, 0.3) is 0 Å². The number of benzene rings is 2. The van der Waals surface area contributed by atoms with Crippen LogP contribution in [-0.2, 0) is 0 Å². The number of rotatable bonds is 2. The van der Waals surface area contributed by atoms with Gasteiger partial charge in [-0.25, -0.2) is 9.78 Å². The number of fused-ring (bicyclic) bond motifs is 1. The molecule has 6 heteroatoms. The molecule has 1 aromatic heterocycles. The second kappa shape index (κ2) is 7.04. The number of anilines is 1. The number of carbonyl (C=O) groups excluding carboxylic acids is 1. The van der Waals surface area contributed by atoms with E-state index in [1.165, 1.54) is 6.07 Å². The average molecular weight is 309 g/mol. The van der Waals surface area contributed by atoms with Crippen LogP contribution in [0.1, 0.15) is 20.8 Å². The zero-order valence-corrected chi connectivity index (χ0v) is 12.1. The van der Waals surface area contributed by atoms with Crippen LogP contribution in [-0.4, -0.2) is 22.0 Å². The molecule has 3 aromatic rings. The molecule has 0 radical (unpaired) electrons. The van der Waals surface area contributed by atoms with E-state index in [1.54, 1.807) is 36.4 Å². The number of hydrogen-bond acceptors (Lipinski definition) is 4. The van der Waals surface area contributed by atoms with Gasteiger partial charge in [0.1, 0.15) is 5.69 Å². The predicted octanol–water partition coefficient (Wildman–Crippen LogP) is 2.30. The van der Waals surface area contributed by atoms with Crippen LogP contribution in [0.15, 0.2) is 60.7 Å². The van der Waals surface area contributed by atoms with Crippen LogP contribution in [0.4, 0.5) is 5.69 Å². The lowest BCUT2D eigenvalue weighted by molar-refractivity contribution is 0.0690. The maximum atomic E-state index is 10.6. The predicted molar refractivity (Wildman–Crippen MR) is 88.1 cm³/mol. The van der Waals surface area contributed by atoms with E-state index in [-0.39, 0.29) is 5.69 Å². The number of amides is 1. The van der Waals surface area contributed by atoms with E-state index in [4.69, 9.17) is 16.6 Å². The molecule has 1 heterocycles. The highest BCUT2D eigenvalue weighted by Gasteiger charge is 2.03. The minimum Gasteiger partial charge on any atom is -0.477 e. The Bertz CT molecular complexity index is 845. The van der Waals surface area contributed by atoms with Gasteiger partial charge in [-0.1, -0.05) is 24.3 Å². The van der Waals surface area contributed by atoms with Gasteiger partial charge in [0, 0.05) is 16.6 Å². The average Bonchev–Trinajstić information content (AvgIpc) is 2.55. The van der Waals surface area contributed by atoms with Gasteiger partial charge in [0.05, 0.1) is 5.52 Å². The normalized spacial score (nSPS) is 9.74. The Morgan fingerprint density at radius 3 is 2.17 bits per heavy atom. The third-order valence-corrected chi connectivity index (χ3v) is 3.01. The fourth-order valence-corrected chi connectivity index (χ4v) is 1.83. The van der Waals surface area contributed by atoms with Gasteiger partial charge in [-0.15, -0.1) is 0 Å². The molecule has 23 heavy (non-hydrogen) atoms. The summed E-state index contributed by atoms with van der Waals surface area (Å²) in [5, 5.41) is 9.63. The van der Waals surface area contributed by atoms with Crippen molar-refractivity contribution < 1.29 is 14.7 Å². The highest BCUT2D eigenvalue weighted by atomic mass is 16.4. The molecule has 6 nitrogen and oxygen atoms in total. The van der Waals surface area contributed by atoms with Gasteiger partial charge in [0.15, 0.2) is 0 Å². The summed E-state index contributed by atoms with van der Waals surface area (Å²) >= 11 is 0. The fourth-order valence-electron chi connectivity index (χ4n) is 1.83. The van der Waals surface area contributed by atoms with E-state index in [1.807, 2.05) is 18.2 Å². The van der Waals surface area contributed by atoms with Crippen molar-refractivity contribution in [3.63, 3.8) is 0 Å². The lowest BCUT2D eigenvalue weighted by Gasteiger charge is -1.97. The summed E-state index contributed by atoms with van der Waals surface area (Å²) in [7, 11) is 0. The minimum absolute atomic E-state index is 0.0821. The summed E-state index contributed by atoms with van der Waals surface area (Å²) in [5.74, 6) is -1.43. The Morgan fingerprint density at radius 2 is 1.57 bits per heavy atom. The zero-order chi connectivity index (χ0) is 16.8. The minimum atomic E-state index is -0.995. The fraction of sp³-hybridized carbons (Fsp3) is 0. The van der Waals surface area contributed by atoms with E-state index in [0.717, 1.165) is 5.39 Å². The van der Waals surface area contributed by atoms with Gasteiger partial charge >= 0.3 is 5.97 Å². The topological polar surface area (TPSA) is 119 Å². The van der Waals surface area contributed by atoms with Gasteiger partial charge in [-0.05, 0) is 36.4 Å². The van der Waals surface area contributed by atoms with E-state index in [0.29, 0.717) is 16.8 Å². The number of para-hydroxylation sites is 1. The zero-order valence-electron chi connectivity index (χ0n) is 12.1. The number of pyridine rings is 1. The second-order valence-electron chi connectivity index (χ2n) is 4.68. The summed E-state index contributed by atoms with van der Waals surface area (Å²) in [4.78, 5) is 25.1. The SMILES string of the molecule is NC(=O)c1ccc(N)cc1.O=C(O)c1ccc2ccccc2n1.